The third-order valence-electron chi connectivity index (χ3n) is 4.95. The second-order valence-corrected chi connectivity index (χ2v) is 6.91. The van der Waals surface area contributed by atoms with E-state index in [0.29, 0.717) is 16.8 Å². The molecule has 2 aliphatic heterocycles. The molecule has 0 aromatic heterocycles. The molecule has 2 aromatic rings. The van der Waals surface area contributed by atoms with Gasteiger partial charge in [-0.05, 0) is 54.3 Å². The minimum atomic E-state index is -0.560. The molecule has 7 heteroatoms. The summed E-state index contributed by atoms with van der Waals surface area (Å²) in [5.74, 6) is -1.24. The lowest BCUT2D eigenvalue weighted by Gasteiger charge is -2.18. The van der Waals surface area contributed by atoms with Gasteiger partial charge in [0.15, 0.2) is 0 Å². The molecule has 144 valence electrons. The van der Waals surface area contributed by atoms with Crippen LogP contribution < -0.4 is 10.2 Å². The summed E-state index contributed by atoms with van der Waals surface area (Å²) in [6, 6.07) is 9.81. The molecule has 28 heavy (non-hydrogen) atoms. The fraction of sp³-hybridized carbons (Fsp3) is 0.238. The molecule has 0 aliphatic carbocycles. The molecule has 0 saturated carbocycles. The van der Waals surface area contributed by atoms with Crippen molar-refractivity contribution < 1.29 is 18.4 Å². The van der Waals surface area contributed by atoms with Crippen molar-refractivity contribution in [2.24, 2.45) is 0 Å². The van der Waals surface area contributed by atoms with Crippen molar-refractivity contribution in [3.05, 3.63) is 70.9 Å². The van der Waals surface area contributed by atoms with Gasteiger partial charge in [0.2, 0.25) is 0 Å². The molecule has 2 aromatic carbocycles. The predicted octanol–water partition coefficient (Wildman–Crippen LogP) is 3.66. The van der Waals surface area contributed by atoms with E-state index in [9.17, 15) is 18.4 Å². The highest BCUT2D eigenvalue weighted by atomic mass is 19.1. The van der Waals surface area contributed by atoms with Gasteiger partial charge in [0.05, 0.1) is 12.2 Å². The fourth-order valence-corrected chi connectivity index (χ4v) is 3.48. The van der Waals surface area contributed by atoms with Crippen LogP contribution in [-0.4, -0.2) is 29.9 Å². The molecule has 4 rings (SSSR count). The summed E-state index contributed by atoms with van der Waals surface area (Å²) in [6.45, 7) is 1.71. The number of imide groups is 1. The Bertz CT molecular complexity index is 951. The van der Waals surface area contributed by atoms with Crippen molar-refractivity contribution in [2.45, 2.75) is 19.4 Å². The standard InChI is InChI=1S/C21H19F2N3O2/c22-16-6-3-14(4-7-16)13-26-20(27)18(24-21(26)28)12-15-5-8-19(17(23)11-15)25-9-1-2-10-25/h3-8,11-12H,1-2,9-10,13H2,(H,24,28)/b18-12-. The van der Waals surface area contributed by atoms with E-state index in [-0.39, 0.29) is 23.9 Å². The van der Waals surface area contributed by atoms with Crippen LogP contribution in [0.4, 0.5) is 19.3 Å². The van der Waals surface area contributed by atoms with Crippen LogP contribution in [0.3, 0.4) is 0 Å². The Balaban J connectivity index is 1.52. The number of urea groups is 1. The van der Waals surface area contributed by atoms with Crippen LogP contribution in [0.5, 0.6) is 0 Å². The molecule has 2 fully saturated rings. The molecular weight excluding hydrogens is 364 g/mol. The van der Waals surface area contributed by atoms with Crippen LogP contribution in [-0.2, 0) is 11.3 Å². The highest BCUT2D eigenvalue weighted by molar-refractivity contribution is 6.13. The Morgan fingerprint density at radius 3 is 2.39 bits per heavy atom. The average molecular weight is 383 g/mol. The number of carbonyl (C=O) groups excluding carboxylic acids is 2. The quantitative estimate of drug-likeness (QED) is 0.648. The Kier molecular flexibility index (Phi) is 4.81. The first kappa shape index (κ1) is 18.2. The van der Waals surface area contributed by atoms with Crippen LogP contribution in [0.1, 0.15) is 24.0 Å². The zero-order valence-electron chi connectivity index (χ0n) is 15.1. The van der Waals surface area contributed by atoms with Crippen molar-refractivity contribution in [3.8, 4) is 0 Å². The summed E-state index contributed by atoms with van der Waals surface area (Å²) in [5.41, 5.74) is 1.76. The number of anilines is 1. The summed E-state index contributed by atoms with van der Waals surface area (Å²) in [5, 5.41) is 2.51. The Morgan fingerprint density at radius 1 is 1.00 bits per heavy atom. The first-order valence-electron chi connectivity index (χ1n) is 9.15. The topological polar surface area (TPSA) is 52.7 Å². The first-order chi connectivity index (χ1) is 13.5. The van der Waals surface area contributed by atoms with E-state index in [0.717, 1.165) is 30.8 Å². The van der Waals surface area contributed by atoms with Crippen LogP contribution in [0.25, 0.3) is 6.08 Å². The van der Waals surface area contributed by atoms with Gasteiger partial charge in [-0.15, -0.1) is 0 Å². The van der Waals surface area contributed by atoms with Crippen molar-refractivity contribution in [1.29, 1.82) is 0 Å². The predicted molar refractivity (Wildman–Crippen MR) is 101 cm³/mol. The van der Waals surface area contributed by atoms with Crippen molar-refractivity contribution in [2.75, 3.05) is 18.0 Å². The normalized spacial score (nSPS) is 18.3. The highest BCUT2D eigenvalue weighted by Gasteiger charge is 2.33. The van der Waals surface area contributed by atoms with E-state index in [1.807, 2.05) is 4.90 Å². The third-order valence-corrected chi connectivity index (χ3v) is 4.95. The maximum absolute atomic E-state index is 14.5. The van der Waals surface area contributed by atoms with Gasteiger partial charge in [0.1, 0.15) is 17.3 Å². The van der Waals surface area contributed by atoms with E-state index < -0.39 is 11.9 Å². The lowest BCUT2D eigenvalue weighted by atomic mass is 10.1. The lowest BCUT2D eigenvalue weighted by Crippen LogP contribution is -2.30. The molecule has 0 unspecified atom stereocenters. The van der Waals surface area contributed by atoms with Crippen LogP contribution >= 0.6 is 0 Å². The maximum Gasteiger partial charge on any atom is 0.329 e. The molecule has 0 atom stereocenters. The minimum absolute atomic E-state index is 0.0323. The molecule has 5 nitrogen and oxygen atoms in total. The number of hydrogen-bond acceptors (Lipinski definition) is 3. The zero-order valence-corrected chi connectivity index (χ0v) is 15.1. The molecule has 0 radical (unpaired) electrons. The van der Waals surface area contributed by atoms with Gasteiger partial charge in [-0.1, -0.05) is 18.2 Å². The van der Waals surface area contributed by atoms with Gasteiger partial charge in [0, 0.05) is 13.1 Å². The number of nitrogens with one attached hydrogen (secondary N) is 1. The molecule has 2 heterocycles. The second-order valence-electron chi connectivity index (χ2n) is 6.91. The van der Waals surface area contributed by atoms with Gasteiger partial charge in [-0.25, -0.2) is 13.6 Å². The monoisotopic (exact) mass is 383 g/mol. The van der Waals surface area contributed by atoms with Crippen LogP contribution in [0.2, 0.25) is 0 Å². The van der Waals surface area contributed by atoms with Gasteiger partial charge in [-0.3, -0.25) is 9.69 Å². The average Bonchev–Trinajstić information content (AvgIpc) is 3.28. The summed E-state index contributed by atoms with van der Waals surface area (Å²) in [6.07, 6.45) is 3.56. The Labute approximate surface area is 161 Å². The summed E-state index contributed by atoms with van der Waals surface area (Å²) >= 11 is 0. The van der Waals surface area contributed by atoms with Gasteiger partial charge in [0.25, 0.3) is 5.91 Å². The minimum Gasteiger partial charge on any atom is -0.369 e. The van der Waals surface area contributed by atoms with Crippen molar-refractivity contribution >= 4 is 23.7 Å². The number of halogens is 2. The van der Waals surface area contributed by atoms with Gasteiger partial charge in [-0.2, -0.15) is 0 Å². The number of hydrogen-bond donors (Lipinski definition) is 1. The van der Waals surface area contributed by atoms with Crippen molar-refractivity contribution in [3.63, 3.8) is 0 Å². The maximum atomic E-state index is 14.5. The second kappa shape index (κ2) is 7.42. The largest absolute Gasteiger partial charge is 0.369 e. The number of carbonyl (C=O) groups is 2. The van der Waals surface area contributed by atoms with Gasteiger partial charge < -0.3 is 10.2 Å². The third kappa shape index (κ3) is 3.60. The summed E-state index contributed by atoms with van der Waals surface area (Å²) < 4.78 is 27.5. The SMILES string of the molecule is O=C1N/C(=C\c2ccc(N3CCCC3)c(F)c2)C(=O)N1Cc1ccc(F)cc1. The van der Waals surface area contributed by atoms with Gasteiger partial charge >= 0.3 is 6.03 Å². The van der Waals surface area contributed by atoms with E-state index in [1.54, 1.807) is 12.1 Å². The summed E-state index contributed by atoms with van der Waals surface area (Å²) in [7, 11) is 0. The van der Waals surface area contributed by atoms with E-state index >= 15 is 0 Å². The van der Waals surface area contributed by atoms with Crippen molar-refractivity contribution in [1.82, 2.24) is 10.2 Å². The summed E-state index contributed by atoms with van der Waals surface area (Å²) in [4.78, 5) is 27.7. The number of amides is 3. The van der Waals surface area contributed by atoms with E-state index in [1.165, 1.54) is 36.4 Å². The molecule has 2 aliphatic rings. The molecule has 1 N–H and O–H groups in total. The Hall–Kier alpha value is -3.22. The Morgan fingerprint density at radius 2 is 1.71 bits per heavy atom. The molecular formula is C21H19F2N3O2. The molecule has 0 bridgehead atoms. The van der Waals surface area contributed by atoms with Crippen LogP contribution in [0, 0.1) is 11.6 Å². The zero-order chi connectivity index (χ0) is 19.7. The van der Waals surface area contributed by atoms with E-state index in [2.05, 4.69) is 5.32 Å². The molecule has 3 amide bonds. The molecule has 2 saturated heterocycles. The highest BCUT2D eigenvalue weighted by Crippen LogP contribution is 2.26. The lowest BCUT2D eigenvalue weighted by molar-refractivity contribution is -0.123. The first-order valence-corrected chi connectivity index (χ1v) is 9.15. The fourth-order valence-electron chi connectivity index (χ4n) is 3.48. The molecule has 0 spiro atoms. The van der Waals surface area contributed by atoms with E-state index in [4.69, 9.17) is 0 Å². The number of nitrogens with zero attached hydrogens (tertiary/aromatic N) is 2. The smallest absolute Gasteiger partial charge is 0.329 e. The number of rotatable bonds is 4. The number of benzene rings is 2. The van der Waals surface area contributed by atoms with Crippen LogP contribution in [0.15, 0.2) is 48.2 Å².